The fourth-order valence-corrected chi connectivity index (χ4v) is 2.62. The summed E-state index contributed by atoms with van der Waals surface area (Å²) in [4.78, 5) is 43.1. The summed E-state index contributed by atoms with van der Waals surface area (Å²) < 4.78 is 11.7. The fraction of sp³-hybridized carbons (Fsp3) is 0.647. The molecule has 0 atom stereocenters. The van der Waals surface area contributed by atoms with E-state index in [1.807, 2.05) is 0 Å². The molecule has 2 rings (SSSR count). The molecule has 1 aromatic rings. The second-order valence-electron chi connectivity index (χ2n) is 7.13. The molecule has 1 aliphatic heterocycles. The minimum Gasteiger partial charge on any atom is -0.469 e. The van der Waals surface area contributed by atoms with Crippen LogP contribution < -0.4 is 4.90 Å². The second kappa shape index (κ2) is 7.76. The topological polar surface area (TPSA) is 94.0 Å². The van der Waals surface area contributed by atoms with Gasteiger partial charge in [-0.1, -0.05) is 0 Å². The van der Waals surface area contributed by atoms with Crippen molar-refractivity contribution >= 4 is 23.9 Å². The molecule has 0 N–H and O–H groups in total. The molecule has 0 aromatic carbocycles. The molecule has 0 unspecified atom stereocenters. The number of anilines is 1. The first-order valence-electron chi connectivity index (χ1n) is 8.48. The van der Waals surface area contributed by atoms with E-state index < -0.39 is 11.7 Å². The van der Waals surface area contributed by atoms with Crippen LogP contribution in [0.4, 0.5) is 10.7 Å². The maximum atomic E-state index is 12.5. The average molecular weight is 366 g/mol. The fourth-order valence-electron chi connectivity index (χ4n) is 2.62. The smallest absolute Gasteiger partial charge is 0.410 e. The molecule has 144 valence electrons. The number of imidazole rings is 1. The number of methoxy groups -OCH3 is 1. The lowest BCUT2D eigenvalue weighted by atomic mass is 10.2. The van der Waals surface area contributed by atoms with E-state index in [4.69, 9.17) is 4.74 Å². The molecular weight excluding hydrogens is 340 g/mol. The van der Waals surface area contributed by atoms with Gasteiger partial charge in [-0.05, 0) is 27.2 Å². The Bertz CT molecular complexity index is 692. The van der Waals surface area contributed by atoms with E-state index in [-0.39, 0.29) is 24.8 Å². The Labute approximate surface area is 152 Å². The van der Waals surface area contributed by atoms with Crippen LogP contribution in [0.15, 0.2) is 6.20 Å². The van der Waals surface area contributed by atoms with Gasteiger partial charge in [0.15, 0.2) is 0 Å². The summed E-state index contributed by atoms with van der Waals surface area (Å²) in [6.07, 6.45) is 1.87. The molecule has 0 radical (unpaired) electrons. The number of nitrogens with zero attached hydrogens (tertiary/aromatic N) is 4. The highest BCUT2D eigenvalue weighted by atomic mass is 16.6. The van der Waals surface area contributed by atoms with Crippen LogP contribution in [-0.2, 0) is 32.5 Å². The molecule has 0 saturated carbocycles. The minimum absolute atomic E-state index is 0.0563. The minimum atomic E-state index is -0.606. The van der Waals surface area contributed by atoms with Gasteiger partial charge in [0.25, 0.3) is 0 Å². The van der Waals surface area contributed by atoms with Gasteiger partial charge in [0.05, 0.1) is 19.7 Å². The van der Waals surface area contributed by atoms with Crippen molar-refractivity contribution in [1.29, 1.82) is 0 Å². The van der Waals surface area contributed by atoms with Crippen molar-refractivity contribution in [3.8, 4) is 0 Å². The molecule has 2 amide bonds. The summed E-state index contributed by atoms with van der Waals surface area (Å²) in [5, 5.41) is 0. The summed E-state index contributed by atoms with van der Waals surface area (Å²) in [6.45, 7) is 6.00. The number of esters is 1. The van der Waals surface area contributed by atoms with Crippen molar-refractivity contribution in [3.63, 3.8) is 0 Å². The predicted octanol–water partition coefficient (Wildman–Crippen LogP) is 1.11. The van der Waals surface area contributed by atoms with Crippen molar-refractivity contribution in [2.75, 3.05) is 31.6 Å². The molecule has 9 nitrogen and oxygen atoms in total. The summed E-state index contributed by atoms with van der Waals surface area (Å²) in [7, 11) is 3.14. The number of ether oxygens (including phenoxy) is 2. The average Bonchev–Trinajstić information content (AvgIpc) is 2.91. The van der Waals surface area contributed by atoms with E-state index in [1.54, 1.807) is 43.5 Å². The first kappa shape index (κ1) is 19.7. The Morgan fingerprint density at radius 3 is 2.54 bits per heavy atom. The van der Waals surface area contributed by atoms with Crippen LogP contribution in [0.1, 0.15) is 32.9 Å². The first-order valence-corrected chi connectivity index (χ1v) is 8.48. The summed E-state index contributed by atoms with van der Waals surface area (Å²) in [6, 6.07) is 0. The van der Waals surface area contributed by atoms with E-state index in [2.05, 4.69) is 9.72 Å². The van der Waals surface area contributed by atoms with Gasteiger partial charge >= 0.3 is 12.1 Å². The van der Waals surface area contributed by atoms with Crippen LogP contribution in [0.3, 0.4) is 0 Å². The van der Waals surface area contributed by atoms with Crippen LogP contribution in [0.5, 0.6) is 0 Å². The number of hydrogen-bond donors (Lipinski definition) is 0. The molecule has 26 heavy (non-hydrogen) atoms. The number of aromatic nitrogens is 2. The number of carbonyl (C=O) groups excluding carboxylic acids is 3. The zero-order chi connectivity index (χ0) is 19.5. The van der Waals surface area contributed by atoms with E-state index in [0.29, 0.717) is 25.5 Å². The van der Waals surface area contributed by atoms with Crippen molar-refractivity contribution in [2.45, 2.75) is 39.2 Å². The van der Waals surface area contributed by atoms with Gasteiger partial charge in [0.1, 0.15) is 12.1 Å². The van der Waals surface area contributed by atoms with Crippen LogP contribution in [0.2, 0.25) is 0 Å². The maximum absolute atomic E-state index is 12.5. The monoisotopic (exact) mass is 366 g/mol. The van der Waals surface area contributed by atoms with E-state index in [9.17, 15) is 14.4 Å². The summed E-state index contributed by atoms with van der Waals surface area (Å²) >= 11 is 0. The Balaban J connectivity index is 2.01. The molecule has 0 spiro atoms. The standard InChI is InChI=1S/C17H26N4O5/c1-17(2,3)26-16(24)20-8-9-21(13(22)11-20)15-18-10-12(19(15)4)6-7-14(23)25-5/h10H,6-9,11H2,1-5H3. The normalized spacial score (nSPS) is 15.2. The van der Waals surface area contributed by atoms with Gasteiger partial charge in [-0.25, -0.2) is 9.78 Å². The summed E-state index contributed by atoms with van der Waals surface area (Å²) in [5.41, 5.74) is 0.221. The third-order valence-electron chi connectivity index (χ3n) is 3.99. The van der Waals surface area contributed by atoms with Gasteiger partial charge < -0.3 is 14.0 Å². The molecule has 9 heteroatoms. The third kappa shape index (κ3) is 4.74. The van der Waals surface area contributed by atoms with E-state index in [0.717, 1.165) is 5.69 Å². The van der Waals surface area contributed by atoms with Gasteiger partial charge in [0.2, 0.25) is 11.9 Å². The number of piperazine rings is 1. The predicted molar refractivity (Wildman–Crippen MR) is 93.7 cm³/mol. The van der Waals surface area contributed by atoms with Crippen molar-refractivity contribution in [1.82, 2.24) is 14.5 Å². The highest BCUT2D eigenvalue weighted by Crippen LogP contribution is 2.19. The quantitative estimate of drug-likeness (QED) is 0.741. The zero-order valence-corrected chi connectivity index (χ0v) is 15.9. The lowest BCUT2D eigenvalue weighted by molar-refractivity contribution is -0.140. The van der Waals surface area contributed by atoms with Crippen molar-refractivity contribution < 1.29 is 23.9 Å². The maximum Gasteiger partial charge on any atom is 0.410 e. The second-order valence-corrected chi connectivity index (χ2v) is 7.13. The summed E-state index contributed by atoms with van der Waals surface area (Å²) in [5.74, 6) is -0.0242. The SMILES string of the molecule is COC(=O)CCc1cnc(N2CCN(C(=O)OC(C)(C)C)CC2=O)n1C. The molecule has 1 aliphatic rings. The lowest BCUT2D eigenvalue weighted by Gasteiger charge is -2.34. The first-order chi connectivity index (χ1) is 12.1. The van der Waals surface area contributed by atoms with Crippen LogP contribution in [0, 0.1) is 0 Å². The van der Waals surface area contributed by atoms with Gasteiger partial charge in [-0.3, -0.25) is 19.4 Å². The molecular formula is C17H26N4O5. The lowest BCUT2D eigenvalue weighted by Crippen LogP contribution is -2.54. The Morgan fingerprint density at radius 1 is 1.27 bits per heavy atom. The molecule has 1 aromatic heterocycles. The molecule has 2 heterocycles. The highest BCUT2D eigenvalue weighted by Gasteiger charge is 2.32. The molecule has 1 fully saturated rings. The Morgan fingerprint density at radius 2 is 1.96 bits per heavy atom. The van der Waals surface area contributed by atoms with Crippen LogP contribution >= 0.6 is 0 Å². The number of hydrogen-bond acceptors (Lipinski definition) is 6. The van der Waals surface area contributed by atoms with Gasteiger partial charge in [0, 0.05) is 25.8 Å². The van der Waals surface area contributed by atoms with E-state index in [1.165, 1.54) is 12.0 Å². The number of aryl methyl sites for hydroxylation is 1. The number of amides is 2. The molecule has 0 aliphatic carbocycles. The van der Waals surface area contributed by atoms with Crippen molar-refractivity contribution in [2.24, 2.45) is 7.05 Å². The number of carbonyl (C=O) groups is 3. The van der Waals surface area contributed by atoms with Gasteiger partial charge in [-0.15, -0.1) is 0 Å². The zero-order valence-electron chi connectivity index (χ0n) is 15.9. The third-order valence-corrected chi connectivity index (χ3v) is 3.99. The Kier molecular flexibility index (Phi) is 5.89. The van der Waals surface area contributed by atoms with Crippen molar-refractivity contribution in [3.05, 3.63) is 11.9 Å². The van der Waals surface area contributed by atoms with Crippen LogP contribution in [-0.4, -0.2) is 64.8 Å². The van der Waals surface area contributed by atoms with Crippen LogP contribution in [0.25, 0.3) is 0 Å². The van der Waals surface area contributed by atoms with E-state index >= 15 is 0 Å². The number of rotatable bonds is 4. The molecule has 1 saturated heterocycles. The molecule has 0 bridgehead atoms. The Hall–Kier alpha value is -2.58. The van der Waals surface area contributed by atoms with Gasteiger partial charge in [-0.2, -0.15) is 0 Å². The highest BCUT2D eigenvalue weighted by molar-refractivity contribution is 5.96. The largest absolute Gasteiger partial charge is 0.469 e.